The summed E-state index contributed by atoms with van der Waals surface area (Å²) in [6.45, 7) is 0.299. The standard InChI is InChI=1S/C25H24ClFN2O5S/c1-33-20-7-9-21(10-8-20)34-24-13-4-18(26)15-23(24)28-25(30)17-3-2-14-29(16-17)35(31,32)22-11-5-19(27)6-12-22/h4-13,15,17H,2-3,14,16H2,1H3,(H,28,30)/t17-/m1/s1. The molecule has 1 saturated heterocycles. The van der Waals surface area contributed by atoms with Crippen LogP contribution >= 0.6 is 11.6 Å². The van der Waals surface area contributed by atoms with E-state index in [9.17, 15) is 17.6 Å². The lowest BCUT2D eigenvalue weighted by atomic mass is 9.98. The zero-order valence-corrected chi connectivity index (χ0v) is 20.5. The molecule has 3 aromatic carbocycles. The summed E-state index contributed by atoms with van der Waals surface area (Å²) < 4.78 is 51.6. The largest absolute Gasteiger partial charge is 0.497 e. The lowest BCUT2D eigenvalue weighted by molar-refractivity contribution is -0.120. The Labute approximate surface area is 208 Å². The van der Waals surface area contributed by atoms with Gasteiger partial charge in [-0.15, -0.1) is 0 Å². The summed E-state index contributed by atoms with van der Waals surface area (Å²) in [5.41, 5.74) is 0.372. The molecule has 4 rings (SSSR count). The Morgan fingerprint density at radius 1 is 1.06 bits per heavy atom. The van der Waals surface area contributed by atoms with Gasteiger partial charge < -0.3 is 14.8 Å². The Morgan fingerprint density at radius 2 is 1.74 bits per heavy atom. The number of nitrogens with one attached hydrogen (secondary N) is 1. The minimum absolute atomic E-state index is 0.00928. The molecule has 10 heteroatoms. The first-order valence-electron chi connectivity index (χ1n) is 10.9. The fraction of sp³-hybridized carbons (Fsp3) is 0.240. The Kier molecular flexibility index (Phi) is 7.59. The number of anilines is 1. The van der Waals surface area contributed by atoms with Gasteiger partial charge in [0.25, 0.3) is 0 Å². The van der Waals surface area contributed by atoms with Gasteiger partial charge in [0, 0.05) is 18.1 Å². The van der Waals surface area contributed by atoms with Gasteiger partial charge in [0.05, 0.1) is 23.6 Å². The molecule has 1 heterocycles. The molecular weight excluding hydrogens is 495 g/mol. The molecule has 1 fully saturated rings. The van der Waals surface area contributed by atoms with E-state index in [4.69, 9.17) is 21.1 Å². The molecule has 0 unspecified atom stereocenters. The minimum atomic E-state index is -3.85. The summed E-state index contributed by atoms with van der Waals surface area (Å²) >= 11 is 6.15. The Hall–Kier alpha value is -3.14. The predicted octanol–water partition coefficient (Wildman–Crippen LogP) is 5.32. The fourth-order valence-electron chi connectivity index (χ4n) is 3.82. The third kappa shape index (κ3) is 5.93. The molecule has 184 valence electrons. The van der Waals surface area contributed by atoms with Gasteiger partial charge in [-0.3, -0.25) is 4.79 Å². The molecule has 1 amide bonds. The predicted molar refractivity (Wildman–Crippen MR) is 131 cm³/mol. The molecule has 0 saturated carbocycles. The Bertz CT molecular complexity index is 1300. The molecule has 35 heavy (non-hydrogen) atoms. The average Bonchev–Trinajstić information content (AvgIpc) is 2.86. The number of methoxy groups -OCH3 is 1. The van der Waals surface area contributed by atoms with E-state index in [0.29, 0.717) is 40.8 Å². The number of rotatable bonds is 7. The first-order chi connectivity index (χ1) is 16.8. The molecule has 0 radical (unpaired) electrons. The van der Waals surface area contributed by atoms with E-state index >= 15 is 0 Å². The van der Waals surface area contributed by atoms with Crippen molar-refractivity contribution in [3.05, 3.63) is 77.6 Å². The van der Waals surface area contributed by atoms with Gasteiger partial charge in [0.1, 0.15) is 17.3 Å². The number of hydrogen-bond donors (Lipinski definition) is 1. The lowest BCUT2D eigenvalue weighted by Gasteiger charge is -2.31. The van der Waals surface area contributed by atoms with Crippen LogP contribution < -0.4 is 14.8 Å². The van der Waals surface area contributed by atoms with Crippen LogP contribution in [0, 0.1) is 11.7 Å². The molecule has 7 nitrogen and oxygen atoms in total. The van der Waals surface area contributed by atoms with E-state index in [1.54, 1.807) is 49.6 Å². The fourth-order valence-corrected chi connectivity index (χ4v) is 5.52. The maximum Gasteiger partial charge on any atom is 0.243 e. The highest BCUT2D eigenvalue weighted by Gasteiger charge is 2.33. The van der Waals surface area contributed by atoms with E-state index in [1.807, 2.05) is 0 Å². The van der Waals surface area contributed by atoms with Gasteiger partial charge in [0.15, 0.2) is 5.75 Å². The van der Waals surface area contributed by atoms with Crippen molar-refractivity contribution in [2.24, 2.45) is 5.92 Å². The number of halogens is 2. The van der Waals surface area contributed by atoms with Crippen LogP contribution in [0.4, 0.5) is 10.1 Å². The van der Waals surface area contributed by atoms with Crippen LogP contribution in [0.25, 0.3) is 0 Å². The van der Waals surface area contributed by atoms with Crippen LogP contribution in [0.15, 0.2) is 71.6 Å². The van der Waals surface area contributed by atoms with E-state index in [0.717, 1.165) is 12.1 Å². The SMILES string of the molecule is COc1ccc(Oc2ccc(Cl)cc2NC(=O)[C@@H]2CCCN(S(=O)(=O)c3ccc(F)cc3)C2)cc1. The van der Waals surface area contributed by atoms with Crippen molar-refractivity contribution in [1.29, 1.82) is 0 Å². The monoisotopic (exact) mass is 518 g/mol. The van der Waals surface area contributed by atoms with Crippen molar-refractivity contribution in [3.8, 4) is 17.2 Å². The molecule has 1 N–H and O–H groups in total. The number of hydrogen-bond acceptors (Lipinski definition) is 5. The molecule has 0 spiro atoms. The van der Waals surface area contributed by atoms with Crippen LogP contribution in [0.5, 0.6) is 17.2 Å². The number of carbonyl (C=O) groups excluding carboxylic acids is 1. The highest BCUT2D eigenvalue weighted by atomic mass is 35.5. The van der Waals surface area contributed by atoms with E-state index in [2.05, 4.69) is 5.32 Å². The van der Waals surface area contributed by atoms with Crippen LogP contribution in [0.1, 0.15) is 12.8 Å². The van der Waals surface area contributed by atoms with Crippen molar-refractivity contribution < 1.29 is 27.1 Å². The van der Waals surface area contributed by atoms with E-state index in [-0.39, 0.29) is 23.9 Å². The highest BCUT2D eigenvalue weighted by Crippen LogP contribution is 2.34. The summed E-state index contributed by atoms with van der Waals surface area (Å²) in [4.78, 5) is 13.1. The van der Waals surface area contributed by atoms with Gasteiger partial charge in [-0.2, -0.15) is 4.31 Å². The maximum absolute atomic E-state index is 13.2. The normalized spacial score (nSPS) is 16.5. The molecule has 1 atom stereocenters. The summed E-state index contributed by atoms with van der Waals surface area (Å²) in [5.74, 6) is 0.170. The smallest absolute Gasteiger partial charge is 0.243 e. The molecule has 0 aromatic heterocycles. The van der Waals surface area contributed by atoms with Crippen LogP contribution in [0.2, 0.25) is 5.02 Å². The zero-order chi connectivity index (χ0) is 25.0. The van der Waals surface area contributed by atoms with E-state index < -0.39 is 21.8 Å². The molecule has 1 aliphatic rings. The van der Waals surface area contributed by atoms with Crippen molar-refractivity contribution in [3.63, 3.8) is 0 Å². The number of nitrogens with zero attached hydrogens (tertiary/aromatic N) is 1. The van der Waals surface area contributed by atoms with Gasteiger partial charge in [-0.1, -0.05) is 11.6 Å². The van der Waals surface area contributed by atoms with Crippen LogP contribution in [-0.4, -0.2) is 38.8 Å². The third-order valence-electron chi connectivity index (χ3n) is 5.69. The van der Waals surface area contributed by atoms with E-state index in [1.165, 1.54) is 16.4 Å². The second-order valence-corrected chi connectivity index (χ2v) is 10.4. The summed E-state index contributed by atoms with van der Waals surface area (Å²) in [5, 5.41) is 3.25. The molecule has 0 aliphatic carbocycles. The van der Waals surface area contributed by atoms with Crippen LogP contribution in [-0.2, 0) is 14.8 Å². The average molecular weight is 519 g/mol. The van der Waals surface area contributed by atoms with Gasteiger partial charge in [-0.05, 0) is 79.6 Å². The summed E-state index contributed by atoms with van der Waals surface area (Å²) in [6, 6.07) is 16.5. The maximum atomic E-state index is 13.2. The highest BCUT2D eigenvalue weighted by molar-refractivity contribution is 7.89. The topological polar surface area (TPSA) is 84.9 Å². The Morgan fingerprint density at radius 3 is 2.43 bits per heavy atom. The molecule has 1 aliphatic heterocycles. The third-order valence-corrected chi connectivity index (χ3v) is 7.81. The van der Waals surface area contributed by atoms with Crippen molar-refractivity contribution >= 4 is 33.2 Å². The first-order valence-corrected chi connectivity index (χ1v) is 12.8. The second-order valence-electron chi connectivity index (χ2n) is 8.06. The summed E-state index contributed by atoms with van der Waals surface area (Å²) in [6.07, 6.45) is 1.04. The number of amides is 1. The molecule has 3 aromatic rings. The number of piperidine rings is 1. The summed E-state index contributed by atoms with van der Waals surface area (Å²) in [7, 11) is -2.28. The quantitative estimate of drug-likeness (QED) is 0.457. The van der Waals surface area contributed by atoms with Crippen molar-refractivity contribution in [2.75, 3.05) is 25.5 Å². The Balaban J connectivity index is 1.49. The van der Waals surface area contributed by atoms with Gasteiger partial charge >= 0.3 is 0 Å². The molecular formula is C25H24ClFN2O5S. The lowest BCUT2D eigenvalue weighted by Crippen LogP contribution is -2.43. The van der Waals surface area contributed by atoms with Crippen LogP contribution in [0.3, 0.4) is 0 Å². The molecule has 0 bridgehead atoms. The number of benzene rings is 3. The number of carbonyl (C=O) groups is 1. The van der Waals surface area contributed by atoms with Gasteiger partial charge in [-0.25, -0.2) is 12.8 Å². The second kappa shape index (κ2) is 10.6. The number of sulfonamides is 1. The zero-order valence-electron chi connectivity index (χ0n) is 18.9. The minimum Gasteiger partial charge on any atom is -0.497 e. The van der Waals surface area contributed by atoms with Crippen molar-refractivity contribution in [1.82, 2.24) is 4.31 Å². The van der Waals surface area contributed by atoms with Crippen molar-refractivity contribution in [2.45, 2.75) is 17.7 Å². The first kappa shape index (κ1) is 25.0. The van der Waals surface area contributed by atoms with Gasteiger partial charge in [0.2, 0.25) is 15.9 Å². The number of ether oxygens (including phenoxy) is 2.